The molecule has 0 aliphatic heterocycles. The molecular formula is C25H30N2O6. The molecule has 1 aliphatic rings. The second kappa shape index (κ2) is 10.5. The lowest BCUT2D eigenvalue weighted by Crippen LogP contribution is -2.52. The molecule has 0 fully saturated rings. The Labute approximate surface area is 193 Å². The Morgan fingerprint density at radius 3 is 2.00 bits per heavy atom. The number of carboxylic acid groups (broad SMARTS) is 1. The number of carbonyl (C=O) groups excluding carboxylic acids is 2. The Balaban J connectivity index is 1.59. The summed E-state index contributed by atoms with van der Waals surface area (Å²) in [6.07, 6.45) is -1.91. The molecule has 4 N–H and O–H groups in total. The molecule has 0 bridgehead atoms. The fraction of sp³-hybridized carbons (Fsp3) is 0.400. The van der Waals surface area contributed by atoms with E-state index in [1.54, 1.807) is 13.8 Å². The number of aliphatic carboxylic acids is 1. The van der Waals surface area contributed by atoms with Crippen molar-refractivity contribution in [2.24, 2.45) is 11.8 Å². The van der Waals surface area contributed by atoms with Gasteiger partial charge in [-0.3, -0.25) is 4.79 Å². The standard InChI is InChI=1S/C25H30N2O6/c1-14(2)20(23(29)27-22(15(3)28)24(30)31)12-26-25(32)33-13-21-18-10-6-4-8-16(18)17-9-5-7-11-19(17)21/h4-11,14-15,20-22,28H,12-13H2,1-3H3,(H,26,32)(H,27,29)(H,30,31)/t15-,20?,22+/m1/s1. The number of fused-ring (bicyclic) bond motifs is 3. The highest BCUT2D eigenvalue weighted by atomic mass is 16.5. The van der Waals surface area contributed by atoms with Crippen molar-refractivity contribution < 1.29 is 29.3 Å². The molecule has 8 heteroatoms. The summed E-state index contributed by atoms with van der Waals surface area (Å²) in [5, 5.41) is 23.7. The molecule has 33 heavy (non-hydrogen) atoms. The molecule has 2 amide bonds. The molecule has 3 atom stereocenters. The first-order valence-corrected chi connectivity index (χ1v) is 11.0. The van der Waals surface area contributed by atoms with Gasteiger partial charge in [0, 0.05) is 12.5 Å². The van der Waals surface area contributed by atoms with Gasteiger partial charge in [0.1, 0.15) is 6.61 Å². The summed E-state index contributed by atoms with van der Waals surface area (Å²) >= 11 is 0. The van der Waals surface area contributed by atoms with Crippen LogP contribution in [-0.2, 0) is 14.3 Å². The van der Waals surface area contributed by atoms with Crippen LogP contribution < -0.4 is 10.6 Å². The minimum Gasteiger partial charge on any atom is -0.480 e. The molecule has 3 rings (SSSR count). The highest BCUT2D eigenvalue weighted by molar-refractivity contribution is 5.86. The van der Waals surface area contributed by atoms with Crippen LogP contribution in [0.15, 0.2) is 48.5 Å². The van der Waals surface area contributed by atoms with E-state index < -0.39 is 36.0 Å². The first-order chi connectivity index (χ1) is 15.7. The molecule has 1 unspecified atom stereocenters. The van der Waals surface area contributed by atoms with Crippen LogP contribution in [-0.4, -0.2) is 53.5 Å². The van der Waals surface area contributed by atoms with Crippen molar-refractivity contribution in [2.75, 3.05) is 13.2 Å². The third-order valence-electron chi connectivity index (χ3n) is 6.00. The SMILES string of the molecule is CC(C)C(CNC(=O)OCC1c2ccccc2-c2ccccc21)C(=O)N[C@H](C(=O)O)[C@@H](C)O. The number of amides is 2. The highest BCUT2D eigenvalue weighted by Gasteiger charge is 2.31. The van der Waals surface area contributed by atoms with Crippen molar-refractivity contribution in [3.05, 3.63) is 59.7 Å². The number of aliphatic hydroxyl groups is 1. The van der Waals surface area contributed by atoms with E-state index in [9.17, 15) is 24.6 Å². The van der Waals surface area contributed by atoms with E-state index in [0.717, 1.165) is 22.3 Å². The Morgan fingerprint density at radius 2 is 1.52 bits per heavy atom. The zero-order chi connectivity index (χ0) is 24.1. The van der Waals surface area contributed by atoms with E-state index >= 15 is 0 Å². The lowest BCUT2D eigenvalue weighted by Gasteiger charge is -2.24. The molecule has 0 saturated heterocycles. The Kier molecular flexibility index (Phi) is 7.71. The summed E-state index contributed by atoms with van der Waals surface area (Å²) in [4.78, 5) is 36.3. The van der Waals surface area contributed by atoms with Gasteiger partial charge in [0.05, 0.1) is 12.0 Å². The Morgan fingerprint density at radius 1 is 0.970 bits per heavy atom. The number of carbonyl (C=O) groups is 3. The second-order valence-corrected chi connectivity index (χ2v) is 8.62. The molecule has 0 heterocycles. The van der Waals surface area contributed by atoms with E-state index in [1.165, 1.54) is 6.92 Å². The average molecular weight is 455 g/mol. The van der Waals surface area contributed by atoms with Crippen LogP contribution in [0.1, 0.15) is 37.8 Å². The molecular weight excluding hydrogens is 424 g/mol. The predicted molar refractivity (Wildman–Crippen MR) is 123 cm³/mol. The van der Waals surface area contributed by atoms with Gasteiger partial charge >= 0.3 is 12.1 Å². The van der Waals surface area contributed by atoms with Crippen LogP contribution in [0.2, 0.25) is 0 Å². The maximum absolute atomic E-state index is 12.6. The van der Waals surface area contributed by atoms with E-state index in [0.29, 0.717) is 0 Å². The van der Waals surface area contributed by atoms with Crippen LogP contribution >= 0.6 is 0 Å². The molecule has 0 radical (unpaired) electrons. The maximum Gasteiger partial charge on any atom is 0.407 e. The van der Waals surface area contributed by atoms with E-state index in [-0.39, 0.29) is 25.0 Å². The van der Waals surface area contributed by atoms with E-state index in [4.69, 9.17) is 4.74 Å². The van der Waals surface area contributed by atoms with E-state index in [1.807, 2.05) is 36.4 Å². The van der Waals surface area contributed by atoms with Gasteiger partial charge in [0.2, 0.25) is 5.91 Å². The average Bonchev–Trinajstić information content (AvgIpc) is 3.09. The molecule has 0 aromatic heterocycles. The smallest absolute Gasteiger partial charge is 0.407 e. The molecule has 2 aromatic rings. The fourth-order valence-corrected chi connectivity index (χ4v) is 4.12. The van der Waals surface area contributed by atoms with Gasteiger partial charge in [-0.05, 0) is 35.1 Å². The number of nitrogens with one attached hydrogen (secondary N) is 2. The van der Waals surface area contributed by atoms with Gasteiger partial charge in [0.15, 0.2) is 6.04 Å². The van der Waals surface area contributed by atoms with Crippen molar-refractivity contribution in [1.82, 2.24) is 10.6 Å². The minimum absolute atomic E-state index is 0.0215. The van der Waals surface area contributed by atoms with Gasteiger partial charge < -0.3 is 25.6 Å². The van der Waals surface area contributed by atoms with Crippen LogP contribution in [0.25, 0.3) is 11.1 Å². The number of benzene rings is 2. The first-order valence-electron chi connectivity index (χ1n) is 11.0. The zero-order valence-corrected chi connectivity index (χ0v) is 18.9. The molecule has 0 spiro atoms. The van der Waals surface area contributed by atoms with Crippen molar-refractivity contribution in [2.45, 2.75) is 38.8 Å². The Bertz CT molecular complexity index is 974. The lowest BCUT2D eigenvalue weighted by atomic mass is 9.94. The molecule has 8 nitrogen and oxygen atoms in total. The number of aliphatic hydroxyl groups excluding tert-OH is 1. The van der Waals surface area contributed by atoms with Crippen LogP contribution in [0.3, 0.4) is 0 Å². The number of alkyl carbamates (subject to hydrolysis) is 1. The number of rotatable bonds is 9. The van der Waals surface area contributed by atoms with Crippen molar-refractivity contribution in [3.63, 3.8) is 0 Å². The molecule has 0 saturated carbocycles. The highest BCUT2D eigenvalue weighted by Crippen LogP contribution is 2.44. The number of hydrogen-bond acceptors (Lipinski definition) is 5. The quantitative estimate of drug-likeness (QED) is 0.462. The largest absolute Gasteiger partial charge is 0.480 e. The van der Waals surface area contributed by atoms with Crippen LogP contribution in [0.5, 0.6) is 0 Å². The summed E-state index contributed by atoms with van der Waals surface area (Å²) in [5.74, 6) is -2.83. The summed E-state index contributed by atoms with van der Waals surface area (Å²) < 4.78 is 5.49. The summed E-state index contributed by atoms with van der Waals surface area (Å²) in [7, 11) is 0. The monoisotopic (exact) mass is 454 g/mol. The number of hydrogen-bond donors (Lipinski definition) is 4. The Hall–Kier alpha value is -3.39. The summed E-state index contributed by atoms with van der Waals surface area (Å²) in [6, 6.07) is 14.6. The third-order valence-corrected chi connectivity index (χ3v) is 6.00. The fourth-order valence-electron chi connectivity index (χ4n) is 4.12. The summed E-state index contributed by atoms with van der Waals surface area (Å²) in [6.45, 7) is 5.01. The minimum atomic E-state index is -1.42. The number of ether oxygens (including phenoxy) is 1. The van der Waals surface area contributed by atoms with Gasteiger partial charge in [-0.2, -0.15) is 0 Å². The van der Waals surface area contributed by atoms with Crippen LogP contribution in [0, 0.1) is 11.8 Å². The van der Waals surface area contributed by atoms with E-state index in [2.05, 4.69) is 22.8 Å². The van der Waals surface area contributed by atoms with Gasteiger partial charge in [-0.15, -0.1) is 0 Å². The number of carboxylic acids is 1. The van der Waals surface area contributed by atoms with Crippen molar-refractivity contribution in [3.8, 4) is 11.1 Å². The first kappa shape index (κ1) is 24.3. The third kappa shape index (κ3) is 5.51. The van der Waals surface area contributed by atoms with Crippen molar-refractivity contribution >= 4 is 18.0 Å². The van der Waals surface area contributed by atoms with Gasteiger partial charge in [-0.1, -0.05) is 62.4 Å². The molecule has 2 aromatic carbocycles. The zero-order valence-electron chi connectivity index (χ0n) is 18.9. The lowest BCUT2D eigenvalue weighted by molar-refractivity contribution is -0.145. The van der Waals surface area contributed by atoms with Crippen LogP contribution in [0.4, 0.5) is 4.79 Å². The second-order valence-electron chi connectivity index (χ2n) is 8.62. The topological polar surface area (TPSA) is 125 Å². The maximum atomic E-state index is 12.6. The predicted octanol–water partition coefficient (Wildman–Crippen LogP) is 2.75. The summed E-state index contributed by atoms with van der Waals surface area (Å²) in [5.41, 5.74) is 4.46. The normalized spacial score (nSPS) is 15.2. The molecule has 176 valence electrons. The van der Waals surface area contributed by atoms with Gasteiger partial charge in [0.25, 0.3) is 0 Å². The van der Waals surface area contributed by atoms with Gasteiger partial charge in [-0.25, -0.2) is 9.59 Å². The van der Waals surface area contributed by atoms with Crippen molar-refractivity contribution in [1.29, 1.82) is 0 Å². The molecule has 1 aliphatic carbocycles.